The van der Waals surface area contributed by atoms with Crippen LogP contribution in [0.4, 0.5) is 0 Å². The Morgan fingerprint density at radius 1 is 1.21 bits per heavy atom. The Morgan fingerprint density at radius 2 is 1.92 bits per heavy atom. The highest BCUT2D eigenvalue weighted by atomic mass is 35.5. The van der Waals surface area contributed by atoms with Gasteiger partial charge in [0.05, 0.1) is 16.2 Å². The summed E-state index contributed by atoms with van der Waals surface area (Å²) in [5.74, 6) is -0.0848. The van der Waals surface area contributed by atoms with Gasteiger partial charge in [0, 0.05) is 25.2 Å². The van der Waals surface area contributed by atoms with Gasteiger partial charge in [-0.3, -0.25) is 4.79 Å². The van der Waals surface area contributed by atoms with Gasteiger partial charge in [-0.05, 0) is 37.8 Å². The maximum absolute atomic E-state index is 12.9. The van der Waals surface area contributed by atoms with Crippen molar-refractivity contribution in [1.29, 1.82) is 0 Å². The lowest BCUT2D eigenvalue weighted by atomic mass is 10.1. The fraction of sp³-hybridized carbons (Fsp3) is 0.588. The standard InChI is InChI=1S/C17H24N2O3S.ClH/c1-2-11-23(21,22)16-6-4-3-5-15(16)17(20)19-10-9-13-7-8-14(12-19)18-13;/h3-6,13-14,18H,2,7-12H2,1H3;1H. The van der Waals surface area contributed by atoms with Gasteiger partial charge in [0.15, 0.2) is 9.84 Å². The van der Waals surface area contributed by atoms with Gasteiger partial charge in [-0.25, -0.2) is 8.42 Å². The summed E-state index contributed by atoms with van der Waals surface area (Å²) in [6.07, 6.45) is 3.74. The molecule has 1 N–H and O–H groups in total. The largest absolute Gasteiger partial charge is 0.337 e. The minimum absolute atomic E-state index is 0. The van der Waals surface area contributed by atoms with Crippen molar-refractivity contribution >= 4 is 28.2 Å². The maximum atomic E-state index is 12.9. The van der Waals surface area contributed by atoms with Crippen LogP contribution < -0.4 is 5.32 Å². The van der Waals surface area contributed by atoms with Gasteiger partial charge in [-0.15, -0.1) is 12.4 Å². The van der Waals surface area contributed by atoms with Gasteiger partial charge >= 0.3 is 0 Å². The first-order valence-electron chi connectivity index (χ1n) is 8.38. The van der Waals surface area contributed by atoms with Crippen molar-refractivity contribution in [2.24, 2.45) is 0 Å². The molecule has 2 atom stereocenters. The molecule has 2 bridgehead atoms. The third kappa shape index (κ3) is 3.92. The van der Waals surface area contributed by atoms with Crippen LogP contribution in [0.3, 0.4) is 0 Å². The lowest BCUT2D eigenvalue weighted by Crippen LogP contribution is -2.39. The molecule has 2 saturated heterocycles. The fourth-order valence-corrected chi connectivity index (χ4v) is 5.12. The van der Waals surface area contributed by atoms with E-state index in [1.165, 1.54) is 6.42 Å². The molecule has 5 nitrogen and oxygen atoms in total. The number of rotatable bonds is 4. The molecule has 1 aromatic rings. The summed E-state index contributed by atoms with van der Waals surface area (Å²) in [5.41, 5.74) is 0.318. The number of likely N-dealkylation sites (tertiary alicyclic amines) is 1. The molecule has 2 aliphatic rings. The van der Waals surface area contributed by atoms with Crippen LogP contribution in [0.2, 0.25) is 0 Å². The SMILES string of the molecule is CCCS(=O)(=O)c1ccccc1C(=O)N1CCC2CCC(C1)N2.Cl. The van der Waals surface area contributed by atoms with Crippen LogP contribution in [0.5, 0.6) is 0 Å². The Hall–Kier alpha value is -1.11. The highest BCUT2D eigenvalue weighted by Crippen LogP contribution is 2.24. The second kappa shape index (κ2) is 7.85. The van der Waals surface area contributed by atoms with Gasteiger partial charge < -0.3 is 10.2 Å². The van der Waals surface area contributed by atoms with Crippen molar-refractivity contribution in [1.82, 2.24) is 10.2 Å². The first-order chi connectivity index (χ1) is 11.0. The highest BCUT2D eigenvalue weighted by molar-refractivity contribution is 7.91. The number of carbonyl (C=O) groups excluding carboxylic acids is 1. The number of sulfone groups is 1. The van der Waals surface area contributed by atoms with Crippen molar-refractivity contribution in [3.63, 3.8) is 0 Å². The molecule has 0 radical (unpaired) electrons. The first-order valence-corrected chi connectivity index (χ1v) is 10.0. The van der Waals surface area contributed by atoms with E-state index in [0.29, 0.717) is 37.2 Å². The molecule has 2 fully saturated rings. The number of carbonyl (C=O) groups is 1. The zero-order valence-corrected chi connectivity index (χ0v) is 15.5. The molecule has 3 rings (SSSR count). The minimum Gasteiger partial charge on any atom is -0.337 e. The van der Waals surface area contributed by atoms with E-state index in [1.54, 1.807) is 24.3 Å². The van der Waals surface area contributed by atoms with Crippen molar-refractivity contribution < 1.29 is 13.2 Å². The molecule has 1 amide bonds. The highest BCUT2D eigenvalue weighted by Gasteiger charge is 2.33. The number of hydrogen-bond donors (Lipinski definition) is 1. The van der Waals surface area contributed by atoms with E-state index >= 15 is 0 Å². The van der Waals surface area contributed by atoms with E-state index in [4.69, 9.17) is 0 Å². The second-order valence-electron chi connectivity index (χ2n) is 6.49. The van der Waals surface area contributed by atoms with Crippen LogP contribution in [0, 0.1) is 0 Å². The maximum Gasteiger partial charge on any atom is 0.255 e. The van der Waals surface area contributed by atoms with E-state index in [2.05, 4.69) is 5.32 Å². The molecule has 7 heteroatoms. The fourth-order valence-electron chi connectivity index (χ4n) is 3.59. The number of nitrogens with one attached hydrogen (secondary N) is 1. The predicted molar refractivity (Wildman–Crippen MR) is 96.5 cm³/mol. The van der Waals surface area contributed by atoms with E-state index in [-0.39, 0.29) is 29.0 Å². The van der Waals surface area contributed by atoms with Crippen molar-refractivity contribution in [2.75, 3.05) is 18.8 Å². The Labute approximate surface area is 150 Å². The third-order valence-corrected chi connectivity index (χ3v) is 6.71. The molecule has 2 unspecified atom stereocenters. The monoisotopic (exact) mass is 372 g/mol. The van der Waals surface area contributed by atoms with Crippen LogP contribution >= 0.6 is 12.4 Å². The number of benzene rings is 1. The molecule has 0 saturated carbocycles. The average molecular weight is 373 g/mol. The topological polar surface area (TPSA) is 66.5 Å². The molecular formula is C17H25ClN2O3S. The van der Waals surface area contributed by atoms with Gasteiger partial charge in [0.1, 0.15) is 0 Å². The molecule has 0 aliphatic carbocycles. The molecule has 2 aliphatic heterocycles. The number of amides is 1. The summed E-state index contributed by atoms with van der Waals surface area (Å²) < 4.78 is 24.9. The smallest absolute Gasteiger partial charge is 0.255 e. The number of hydrogen-bond acceptors (Lipinski definition) is 4. The van der Waals surface area contributed by atoms with E-state index in [1.807, 2.05) is 11.8 Å². The van der Waals surface area contributed by atoms with Crippen molar-refractivity contribution in [3.8, 4) is 0 Å². The lowest BCUT2D eigenvalue weighted by Gasteiger charge is -2.25. The van der Waals surface area contributed by atoms with E-state index in [0.717, 1.165) is 12.8 Å². The second-order valence-corrected chi connectivity index (χ2v) is 8.57. The molecule has 0 aromatic heterocycles. The molecule has 2 heterocycles. The molecule has 24 heavy (non-hydrogen) atoms. The van der Waals surface area contributed by atoms with E-state index < -0.39 is 9.84 Å². The normalized spacial score (nSPS) is 23.5. The predicted octanol–water partition coefficient (Wildman–Crippen LogP) is 2.26. The summed E-state index contributed by atoms with van der Waals surface area (Å²) in [7, 11) is -3.41. The van der Waals surface area contributed by atoms with Gasteiger partial charge in [-0.2, -0.15) is 0 Å². The van der Waals surface area contributed by atoms with Crippen LogP contribution in [0.15, 0.2) is 29.2 Å². The Bertz CT molecular complexity index is 693. The van der Waals surface area contributed by atoms with Crippen molar-refractivity contribution in [3.05, 3.63) is 29.8 Å². The number of fused-ring (bicyclic) bond motifs is 2. The Balaban J connectivity index is 0.00000208. The number of nitrogens with zero attached hydrogens (tertiary/aromatic N) is 1. The van der Waals surface area contributed by atoms with Gasteiger partial charge in [-0.1, -0.05) is 19.1 Å². The number of halogens is 1. The van der Waals surface area contributed by atoms with E-state index in [9.17, 15) is 13.2 Å². The van der Waals surface area contributed by atoms with Crippen LogP contribution in [-0.4, -0.2) is 50.2 Å². The Kier molecular flexibility index (Phi) is 6.28. The zero-order chi connectivity index (χ0) is 16.4. The Morgan fingerprint density at radius 3 is 2.67 bits per heavy atom. The summed E-state index contributed by atoms with van der Waals surface area (Å²) in [6, 6.07) is 7.45. The average Bonchev–Trinajstić information content (AvgIpc) is 2.86. The quantitative estimate of drug-likeness (QED) is 0.880. The van der Waals surface area contributed by atoms with Gasteiger partial charge in [0.25, 0.3) is 5.91 Å². The summed E-state index contributed by atoms with van der Waals surface area (Å²) in [5, 5.41) is 3.54. The van der Waals surface area contributed by atoms with Crippen molar-refractivity contribution in [2.45, 2.75) is 49.6 Å². The third-order valence-electron chi connectivity index (χ3n) is 4.74. The molecular weight excluding hydrogens is 348 g/mol. The first kappa shape index (κ1) is 19.2. The molecule has 0 spiro atoms. The zero-order valence-electron chi connectivity index (χ0n) is 13.9. The molecule has 1 aromatic carbocycles. The van der Waals surface area contributed by atoms with Crippen LogP contribution in [0.1, 0.15) is 43.0 Å². The summed E-state index contributed by atoms with van der Waals surface area (Å²) >= 11 is 0. The van der Waals surface area contributed by atoms with Gasteiger partial charge in [0.2, 0.25) is 0 Å². The summed E-state index contributed by atoms with van der Waals surface area (Å²) in [6.45, 7) is 3.19. The summed E-state index contributed by atoms with van der Waals surface area (Å²) in [4.78, 5) is 14.9. The van der Waals surface area contributed by atoms with Crippen LogP contribution in [0.25, 0.3) is 0 Å². The lowest BCUT2D eigenvalue weighted by molar-refractivity contribution is 0.0744. The molecule has 134 valence electrons. The minimum atomic E-state index is -3.41. The van der Waals surface area contributed by atoms with Crippen LogP contribution in [-0.2, 0) is 9.84 Å².